The van der Waals surface area contributed by atoms with Crippen molar-refractivity contribution in [3.8, 4) is 11.5 Å². The maximum absolute atomic E-state index is 9.65. The topological polar surface area (TPSA) is 29.5 Å². The van der Waals surface area contributed by atoms with E-state index in [1.807, 2.05) is 37.3 Å². The Morgan fingerprint density at radius 2 is 1.94 bits per heavy atom. The van der Waals surface area contributed by atoms with E-state index in [4.69, 9.17) is 4.74 Å². The molecule has 2 aromatic rings. The molecule has 0 saturated heterocycles. The minimum Gasteiger partial charge on any atom is -0.508 e. The summed E-state index contributed by atoms with van der Waals surface area (Å²) >= 11 is 0. The molecule has 0 saturated carbocycles. The summed E-state index contributed by atoms with van der Waals surface area (Å²) in [6.07, 6.45) is 0.680. The van der Waals surface area contributed by atoms with E-state index in [1.54, 1.807) is 12.1 Å². The number of hydrogen-bond donors (Lipinski definition) is 1. The smallest absolute Gasteiger partial charge is 0.119 e. The summed E-state index contributed by atoms with van der Waals surface area (Å²) in [6, 6.07) is 16.2. The van der Waals surface area contributed by atoms with E-state index in [0.29, 0.717) is 18.8 Å². The van der Waals surface area contributed by atoms with Crippen LogP contribution in [0.25, 0.3) is 0 Å². The van der Waals surface area contributed by atoms with E-state index in [2.05, 4.69) is 6.07 Å². The van der Waals surface area contributed by atoms with E-state index in [-0.39, 0.29) is 0 Å². The first-order chi connectivity index (χ1) is 8.29. The first kappa shape index (κ1) is 11.5. The number of hydrogen-bond acceptors (Lipinski definition) is 2. The van der Waals surface area contributed by atoms with Gasteiger partial charge in [0.1, 0.15) is 11.5 Å². The van der Waals surface area contributed by atoms with Gasteiger partial charge in [0.25, 0.3) is 0 Å². The summed E-state index contributed by atoms with van der Waals surface area (Å²) in [4.78, 5) is 0. The maximum Gasteiger partial charge on any atom is 0.119 e. The average molecular weight is 227 g/mol. The van der Waals surface area contributed by atoms with Gasteiger partial charge in [0.15, 0.2) is 0 Å². The molecule has 17 heavy (non-hydrogen) atoms. The molecule has 0 amide bonds. The van der Waals surface area contributed by atoms with Crippen LogP contribution in [0.3, 0.4) is 0 Å². The van der Waals surface area contributed by atoms with Crippen LogP contribution < -0.4 is 4.74 Å². The van der Waals surface area contributed by atoms with Crippen LogP contribution in [0.4, 0.5) is 0 Å². The normalized spacial score (nSPS) is 10.2. The van der Waals surface area contributed by atoms with Crippen LogP contribution in [0.2, 0.25) is 0 Å². The SMILES string of the molecule is CCOc1ccc(Cc2[c]cccc2O)cc1. The van der Waals surface area contributed by atoms with Crippen LogP contribution >= 0.6 is 0 Å². The summed E-state index contributed by atoms with van der Waals surface area (Å²) in [6.45, 7) is 2.64. The number of ether oxygens (including phenoxy) is 1. The number of aromatic hydroxyl groups is 1. The zero-order chi connectivity index (χ0) is 12.1. The van der Waals surface area contributed by atoms with Gasteiger partial charge in [-0.25, -0.2) is 0 Å². The molecule has 2 nitrogen and oxygen atoms in total. The Kier molecular flexibility index (Phi) is 3.66. The summed E-state index contributed by atoms with van der Waals surface area (Å²) in [7, 11) is 0. The van der Waals surface area contributed by atoms with E-state index >= 15 is 0 Å². The lowest BCUT2D eigenvalue weighted by molar-refractivity contribution is 0.340. The van der Waals surface area contributed by atoms with Crippen molar-refractivity contribution >= 4 is 0 Å². The molecule has 2 heteroatoms. The Bertz CT molecular complexity index is 475. The monoisotopic (exact) mass is 227 g/mol. The summed E-state index contributed by atoms with van der Waals surface area (Å²) in [5, 5.41) is 9.65. The van der Waals surface area contributed by atoms with Gasteiger partial charge in [0.05, 0.1) is 6.61 Å². The lowest BCUT2D eigenvalue weighted by Crippen LogP contribution is -1.92. The van der Waals surface area contributed by atoms with Gasteiger partial charge in [-0.05, 0) is 36.8 Å². The third-order valence-electron chi connectivity index (χ3n) is 2.53. The first-order valence-corrected chi connectivity index (χ1v) is 5.70. The zero-order valence-corrected chi connectivity index (χ0v) is 9.81. The number of phenolic OH excluding ortho intramolecular Hbond substituents is 1. The Morgan fingerprint density at radius 1 is 1.18 bits per heavy atom. The van der Waals surface area contributed by atoms with E-state index in [9.17, 15) is 5.11 Å². The molecule has 0 aliphatic heterocycles. The van der Waals surface area contributed by atoms with Crippen LogP contribution in [-0.4, -0.2) is 11.7 Å². The van der Waals surface area contributed by atoms with Crippen molar-refractivity contribution < 1.29 is 9.84 Å². The second-order valence-electron chi connectivity index (χ2n) is 3.79. The van der Waals surface area contributed by atoms with Crippen molar-refractivity contribution in [1.29, 1.82) is 0 Å². The lowest BCUT2D eigenvalue weighted by atomic mass is 10.0. The molecule has 0 atom stereocenters. The van der Waals surface area contributed by atoms with Gasteiger partial charge in [0, 0.05) is 12.0 Å². The van der Waals surface area contributed by atoms with Crippen molar-refractivity contribution in [3.05, 3.63) is 59.7 Å². The molecule has 0 aliphatic carbocycles. The Labute approximate surface area is 101 Å². The molecule has 0 aromatic heterocycles. The van der Waals surface area contributed by atoms with E-state index in [0.717, 1.165) is 16.9 Å². The second kappa shape index (κ2) is 5.39. The highest BCUT2D eigenvalue weighted by atomic mass is 16.5. The van der Waals surface area contributed by atoms with Crippen molar-refractivity contribution in [3.63, 3.8) is 0 Å². The number of rotatable bonds is 4. The molecule has 2 aromatic carbocycles. The van der Waals surface area contributed by atoms with Gasteiger partial charge >= 0.3 is 0 Å². The van der Waals surface area contributed by atoms with Crippen molar-refractivity contribution in [2.45, 2.75) is 13.3 Å². The third-order valence-corrected chi connectivity index (χ3v) is 2.53. The number of benzene rings is 2. The minimum absolute atomic E-state index is 0.293. The van der Waals surface area contributed by atoms with Crippen LogP contribution in [0, 0.1) is 6.07 Å². The summed E-state index contributed by atoms with van der Waals surface area (Å²) < 4.78 is 5.38. The molecule has 0 bridgehead atoms. The van der Waals surface area contributed by atoms with Crippen LogP contribution in [0.1, 0.15) is 18.1 Å². The highest BCUT2D eigenvalue weighted by Gasteiger charge is 2.02. The van der Waals surface area contributed by atoms with Gasteiger partial charge in [-0.3, -0.25) is 0 Å². The van der Waals surface area contributed by atoms with Crippen LogP contribution in [0.15, 0.2) is 42.5 Å². The molecule has 0 aliphatic rings. The summed E-state index contributed by atoms with van der Waals surface area (Å²) in [5.74, 6) is 1.17. The Morgan fingerprint density at radius 3 is 2.59 bits per heavy atom. The average Bonchev–Trinajstić information content (AvgIpc) is 2.35. The molecule has 1 radical (unpaired) electrons. The fourth-order valence-corrected chi connectivity index (χ4v) is 1.68. The molecule has 87 valence electrons. The standard InChI is InChI=1S/C15H15O2/c1-2-17-14-9-7-12(8-10-14)11-13-5-3-4-6-15(13)16/h3-4,6-10,16H,2,11H2,1H3. The molecule has 1 N–H and O–H groups in total. The van der Waals surface area contributed by atoms with Crippen molar-refractivity contribution in [1.82, 2.24) is 0 Å². The highest BCUT2D eigenvalue weighted by molar-refractivity contribution is 5.37. The van der Waals surface area contributed by atoms with Gasteiger partial charge in [-0.2, -0.15) is 0 Å². The maximum atomic E-state index is 9.65. The van der Waals surface area contributed by atoms with E-state index in [1.165, 1.54) is 0 Å². The van der Waals surface area contributed by atoms with Crippen LogP contribution in [-0.2, 0) is 6.42 Å². The van der Waals surface area contributed by atoms with E-state index < -0.39 is 0 Å². The van der Waals surface area contributed by atoms with Crippen molar-refractivity contribution in [2.75, 3.05) is 6.61 Å². The van der Waals surface area contributed by atoms with Gasteiger partial charge in [-0.15, -0.1) is 0 Å². The molecular weight excluding hydrogens is 212 g/mol. The molecule has 0 fully saturated rings. The molecule has 0 heterocycles. The summed E-state index contributed by atoms with van der Waals surface area (Å²) in [5.41, 5.74) is 1.95. The Hall–Kier alpha value is -1.96. The molecular formula is C15H15O2. The van der Waals surface area contributed by atoms with Crippen LogP contribution in [0.5, 0.6) is 11.5 Å². The third kappa shape index (κ3) is 3.00. The predicted octanol–water partition coefficient (Wildman–Crippen LogP) is 3.18. The molecule has 0 unspecified atom stereocenters. The van der Waals surface area contributed by atoms with Gasteiger partial charge in [-0.1, -0.05) is 24.3 Å². The fraction of sp³-hybridized carbons (Fsp3) is 0.200. The highest BCUT2D eigenvalue weighted by Crippen LogP contribution is 2.20. The minimum atomic E-state index is 0.293. The van der Waals surface area contributed by atoms with Gasteiger partial charge in [0.2, 0.25) is 0 Å². The predicted molar refractivity (Wildman–Crippen MR) is 67.4 cm³/mol. The van der Waals surface area contributed by atoms with Crippen molar-refractivity contribution in [2.24, 2.45) is 0 Å². The fourth-order valence-electron chi connectivity index (χ4n) is 1.68. The second-order valence-corrected chi connectivity index (χ2v) is 3.79. The van der Waals surface area contributed by atoms with Gasteiger partial charge < -0.3 is 9.84 Å². The molecule has 0 spiro atoms. The Balaban J connectivity index is 2.11. The lowest BCUT2D eigenvalue weighted by Gasteiger charge is -2.06. The molecule has 2 rings (SSSR count). The quantitative estimate of drug-likeness (QED) is 0.869. The largest absolute Gasteiger partial charge is 0.508 e. The first-order valence-electron chi connectivity index (χ1n) is 5.70. The zero-order valence-electron chi connectivity index (χ0n) is 9.81. The number of phenols is 1.